The van der Waals surface area contributed by atoms with Gasteiger partial charge in [0.15, 0.2) is 5.65 Å². The average Bonchev–Trinajstić information content (AvgIpc) is 3.44. The second kappa shape index (κ2) is 16.1. The van der Waals surface area contributed by atoms with Gasteiger partial charge in [0.25, 0.3) is 11.5 Å². The lowest BCUT2D eigenvalue weighted by molar-refractivity contribution is 0.0917. The van der Waals surface area contributed by atoms with E-state index in [1.165, 1.54) is 14.7 Å². The molecule has 0 atom stereocenters. The molecule has 4 heterocycles. The van der Waals surface area contributed by atoms with Gasteiger partial charge in [-0.2, -0.15) is 0 Å². The standard InChI is InChI=1S/C41H46FN7O3/c1-2-3-6-28-11-18-37(44-25-28)39(50)46-33-14-16-34(17-15-33)49-40(51)36-24-32(42)26-45-38(36)48(41(49)52)35-8-4-7-31(23-35)30-12-9-29(10-13-30)27-47-21-5-19-43-20-22-47/h4,7-13,18,23-26,33-34,43H,2-3,5-6,14-17,19-22,27H2,1H3,(H,46,50). The highest BCUT2D eigenvalue weighted by Gasteiger charge is 2.28. The summed E-state index contributed by atoms with van der Waals surface area (Å²) < 4.78 is 17.2. The van der Waals surface area contributed by atoms with E-state index in [1.807, 2.05) is 30.3 Å². The highest BCUT2D eigenvalue weighted by molar-refractivity contribution is 5.92. The van der Waals surface area contributed by atoms with Crippen LogP contribution in [0.25, 0.3) is 27.8 Å². The van der Waals surface area contributed by atoms with E-state index < -0.39 is 23.1 Å². The fourth-order valence-electron chi connectivity index (χ4n) is 7.51. The number of amides is 1. The van der Waals surface area contributed by atoms with Crippen molar-refractivity contribution in [3.05, 3.63) is 123 Å². The SMILES string of the molecule is CCCCc1ccc(C(=O)NC2CCC(n3c(=O)c4cc(F)cnc4n(-c4cccc(-c5ccc(CN6CCCNCC6)cc5)c4)c3=O)CC2)nc1. The summed E-state index contributed by atoms with van der Waals surface area (Å²) >= 11 is 0. The van der Waals surface area contributed by atoms with Crippen LogP contribution in [0.1, 0.15) is 79.5 Å². The molecule has 3 aromatic heterocycles. The lowest BCUT2D eigenvalue weighted by atomic mass is 9.90. The van der Waals surface area contributed by atoms with Gasteiger partial charge in [0.05, 0.1) is 17.3 Å². The minimum atomic E-state index is -0.648. The van der Waals surface area contributed by atoms with Gasteiger partial charge in [0.1, 0.15) is 11.5 Å². The molecule has 1 aliphatic heterocycles. The Morgan fingerprint density at radius 1 is 0.904 bits per heavy atom. The zero-order valence-corrected chi connectivity index (χ0v) is 29.7. The molecular weight excluding hydrogens is 657 g/mol. The minimum absolute atomic E-state index is 0.0435. The minimum Gasteiger partial charge on any atom is -0.348 e. The first-order valence-corrected chi connectivity index (χ1v) is 18.6. The third-order valence-corrected chi connectivity index (χ3v) is 10.4. The van der Waals surface area contributed by atoms with Crippen LogP contribution in [0.3, 0.4) is 0 Å². The largest absolute Gasteiger partial charge is 0.348 e. The number of nitrogens with zero attached hydrogens (tertiary/aromatic N) is 5. The number of aromatic nitrogens is 4. The smallest absolute Gasteiger partial charge is 0.337 e. The summed E-state index contributed by atoms with van der Waals surface area (Å²) in [5, 5.41) is 6.58. The van der Waals surface area contributed by atoms with Gasteiger partial charge in [-0.25, -0.2) is 18.7 Å². The zero-order chi connectivity index (χ0) is 36.0. The van der Waals surface area contributed by atoms with Crippen molar-refractivity contribution in [2.75, 3.05) is 26.2 Å². The molecule has 2 fully saturated rings. The molecule has 1 saturated carbocycles. The highest BCUT2D eigenvalue weighted by atomic mass is 19.1. The summed E-state index contributed by atoms with van der Waals surface area (Å²) in [6, 6.07) is 20.4. The van der Waals surface area contributed by atoms with Gasteiger partial charge in [0, 0.05) is 37.9 Å². The normalized spacial score (nSPS) is 18.3. The number of aryl methyl sites for hydroxylation is 1. The van der Waals surface area contributed by atoms with Gasteiger partial charge in [-0.15, -0.1) is 0 Å². The predicted molar refractivity (Wildman–Crippen MR) is 201 cm³/mol. The predicted octanol–water partition coefficient (Wildman–Crippen LogP) is 5.80. The highest BCUT2D eigenvalue weighted by Crippen LogP contribution is 2.29. The molecule has 1 aliphatic carbocycles. The first-order chi connectivity index (χ1) is 25.4. The number of carbonyl (C=O) groups excluding carboxylic acids is 1. The lowest BCUT2D eigenvalue weighted by Gasteiger charge is -2.30. The van der Waals surface area contributed by atoms with Crippen LogP contribution in [0, 0.1) is 5.82 Å². The molecule has 1 saturated heterocycles. The van der Waals surface area contributed by atoms with Gasteiger partial charge < -0.3 is 10.6 Å². The van der Waals surface area contributed by atoms with E-state index in [2.05, 4.69) is 56.7 Å². The summed E-state index contributed by atoms with van der Waals surface area (Å²) in [6.45, 7) is 7.19. The number of hydrogen-bond acceptors (Lipinski definition) is 7. The molecule has 0 radical (unpaired) electrons. The number of rotatable bonds is 10. The van der Waals surface area contributed by atoms with E-state index in [-0.39, 0.29) is 23.0 Å². The Kier molecular flexibility index (Phi) is 11.0. The van der Waals surface area contributed by atoms with E-state index in [9.17, 15) is 18.8 Å². The topological polar surface area (TPSA) is 114 Å². The number of nitrogens with one attached hydrogen (secondary N) is 2. The Labute approximate surface area is 302 Å². The Bertz CT molecular complexity index is 2130. The molecule has 2 aliphatic rings. The number of carbonyl (C=O) groups is 1. The van der Waals surface area contributed by atoms with Crippen LogP contribution >= 0.6 is 0 Å². The molecule has 7 rings (SSSR count). The summed E-state index contributed by atoms with van der Waals surface area (Å²) in [4.78, 5) is 52.3. The molecule has 0 spiro atoms. The first-order valence-electron chi connectivity index (χ1n) is 18.6. The van der Waals surface area contributed by atoms with Crippen molar-refractivity contribution in [3.8, 4) is 16.8 Å². The molecule has 11 heteroatoms. The third-order valence-electron chi connectivity index (χ3n) is 10.4. The van der Waals surface area contributed by atoms with Crippen molar-refractivity contribution in [2.45, 2.75) is 76.9 Å². The Morgan fingerprint density at radius 3 is 2.48 bits per heavy atom. The van der Waals surface area contributed by atoms with Crippen molar-refractivity contribution in [1.82, 2.24) is 34.6 Å². The summed E-state index contributed by atoms with van der Waals surface area (Å²) in [6.07, 6.45) is 9.20. The van der Waals surface area contributed by atoms with Crippen LogP contribution in [0.2, 0.25) is 0 Å². The van der Waals surface area contributed by atoms with Crippen molar-refractivity contribution in [1.29, 1.82) is 0 Å². The molecule has 5 aromatic rings. The average molecular weight is 704 g/mol. The number of pyridine rings is 2. The zero-order valence-electron chi connectivity index (χ0n) is 29.7. The summed E-state index contributed by atoms with van der Waals surface area (Å²) in [5.74, 6) is -0.883. The number of fused-ring (bicyclic) bond motifs is 1. The van der Waals surface area contributed by atoms with Crippen LogP contribution in [0.5, 0.6) is 0 Å². The van der Waals surface area contributed by atoms with Crippen LogP contribution < -0.4 is 21.9 Å². The van der Waals surface area contributed by atoms with E-state index in [1.54, 1.807) is 12.3 Å². The van der Waals surface area contributed by atoms with E-state index in [0.29, 0.717) is 37.1 Å². The van der Waals surface area contributed by atoms with Crippen molar-refractivity contribution in [3.63, 3.8) is 0 Å². The maximum atomic E-state index is 14.6. The van der Waals surface area contributed by atoms with E-state index in [0.717, 1.165) is 87.4 Å². The fraction of sp³-hybridized carbons (Fsp3) is 0.390. The van der Waals surface area contributed by atoms with E-state index in [4.69, 9.17) is 0 Å². The van der Waals surface area contributed by atoms with Gasteiger partial charge in [-0.3, -0.25) is 24.0 Å². The quantitative estimate of drug-likeness (QED) is 0.189. The molecule has 0 bridgehead atoms. The number of benzene rings is 2. The second-order valence-corrected chi connectivity index (χ2v) is 14.1. The van der Waals surface area contributed by atoms with Crippen LogP contribution in [0.15, 0.2) is 88.7 Å². The summed E-state index contributed by atoms with van der Waals surface area (Å²) in [7, 11) is 0. The molecule has 2 aromatic carbocycles. The van der Waals surface area contributed by atoms with Crippen molar-refractivity contribution < 1.29 is 9.18 Å². The van der Waals surface area contributed by atoms with Crippen LogP contribution in [0.4, 0.5) is 4.39 Å². The number of halogens is 1. The Balaban J connectivity index is 1.12. The van der Waals surface area contributed by atoms with Gasteiger partial charge in [-0.1, -0.05) is 55.8 Å². The third kappa shape index (κ3) is 7.90. The summed E-state index contributed by atoms with van der Waals surface area (Å²) in [5.41, 5.74) is 4.19. The molecule has 1 amide bonds. The lowest BCUT2D eigenvalue weighted by Crippen LogP contribution is -2.45. The number of unbranched alkanes of at least 4 members (excludes halogenated alkanes) is 1. The molecule has 0 unspecified atom stereocenters. The molecule has 2 N–H and O–H groups in total. The maximum Gasteiger partial charge on any atom is 0.337 e. The maximum absolute atomic E-state index is 14.6. The Hall–Kier alpha value is -5.00. The number of hydrogen-bond donors (Lipinski definition) is 2. The first kappa shape index (κ1) is 35.4. The molecular formula is C41H46FN7O3. The van der Waals surface area contributed by atoms with E-state index >= 15 is 0 Å². The van der Waals surface area contributed by atoms with Crippen molar-refractivity contribution in [2.24, 2.45) is 0 Å². The Morgan fingerprint density at radius 2 is 1.71 bits per heavy atom. The van der Waals surface area contributed by atoms with Crippen LogP contribution in [-0.2, 0) is 13.0 Å². The monoisotopic (exact) mass is 703 g/mol. The second-order valence-electron chi connectivity index (χ2n) is 14.1. The van der Waals surface area contributed by atoms with Crippen molar-refractivity contribution >= 4 is 16.9 Å². The molecule has 52 heavy (non-hydrogen) atoms. The van der Waals surface area contributed by atoms with Gasteiger partial charge in [-0.05, 0) is 105 Å². The molecule has 270 valence electrons. The van der Waals surface area contributed by atoms with Gasteiger partial charge >= 0.3 is 5.69 Å². The molecule has 10 nitrogen and oxygen atoms in total. The fourth-order valence-corrected chi connectivity index (χ4v) is 7.51. The van der Waals surface area contributed by atoms with Crippen LogP contribution in [-0.4, -0.2) is 62.1 Å². The van der Waals surface area contributed by atoms with Gasteiger partial charge in [0.2, 0.25) is 0 Å².